The smallest absolute Gasteiger partial charge is 0.243 e. The third-order valence-electron chi connectivity index (χ3n) is 3.98. The highest BCUT2D eigenvalue weighted by atomic mass is 32.2. The lowest BCUT2D eigenvalue weighted by Gasteiger charge is -2.32. The van der Waals surface area contributed by atoms with Crippen LogP contribution < -0.4 is 5.73 Å². The number of nitrogens with two attached hydrogens (primary N) is 1. The molecule has 0 amide bonds. The number of hydrogen-bond donors (Lipinski definition) is 1. The minimum absolute atomic E-state index is 0.00322. The van der Waals surface area contributed by atoms with Gasteiger partial charge in [0, 0.05) is 26.2 Å². The van der Waals surface area contributed by atoms with Crippen LogP contribution >= 0.6 is 0 Å². The number of piperidine rings is 1. The SMILES string of the molecule is CCOC1CCCN(S(=O)(=O)c2cccc(CN)c2C)C1. The Balaban J connectivity index is 2.29. The number of benzene rings is 1. The quantitative estimate of drug-likeness (QED) is 0.897. The third-order valence-corrected chi connectivity index (χ3v) is 5.99. The number of ether oxygens (including phenoxy) is 1. The molecule has 2 N–H and O–H groups in total. The van der Waals surface area contributed by atoms with Crippen LogP contribution in [0.5, 0.6) is 0 Å². The summed E-state index contributed by atoms with van der Waals surface area (Å²) in [7, 11) is -3.48. The third kappa shape index (κ3) is 3.45. The largest absolute Gasteiger partial charge is 0.377 e. The minimum Gasteiger partial charge on any atom is -0.377 e. The zero-order chi connectivity index (χ0) is 15.5. The van der Waals surface area contributed by atoms with Crippen LogP contribution in [0.3, 0.4) is 0 Å². The van der Waals surface area contributed by atoms with Crippen LogP contribution in [0.25, 0.3) is 0 Å². The maximum absolute atomic E-state index is 12.9. The molecule has 1 atom stereocenters. The highest BCUT2D eigenvalue weighted by Gasteiger charge is 2.31. The molecule has 0 radical (unpaired) electrons. The first-order chi connectivity index (χ1) is 10.0. The molecule has 5 nitrogen and oxygen atoms in total. The van der Waals surface area contributed by atoms with Gasteiger partial charge in [-0.15, -0.1) is 0 Å². The summed E-state index contributed by atoms with van der Waals surface area (Å²) >= 11 is 0. The van der Waals surface area contributed by atoms with Crippen LogP contribution in [-0.2, 0) is 21.3 Å². The maximum atomic E-state index is 12.9. The second-order valence-electron chi connectivity index (χ2n) is 5.33. The fourth-order valence-electron chi connectivity index (χ4n) is 2.79. The van der Waals surface area contributed by atoms with E-state index in [4.69, 9.17) is 10.5 Å². The van der Waals surface area contributed by atoms with Crippen molar-refractivity contribution in [3.8, 4) is 0 Å². The summed E-state index contributed by atoms with van der Waals surface area (Å²) in [5.41, 5.74) is 7.29. The van der Waals surface area contributed by atoms with Crippen LogP contribution in [-0.4, -0.2) is 38.5 Å². The lowest BCUT2D eigenvalue weighted by Crippen LogP contribution is -2.43. The van der Waals surface area contributed by atoms with E-state index < -0.39 is 10.0 Å². The van der Waals surface area contributed by atoms with E-state index in [9.17, 15) is 8.42 Å². The highest BCUT2D eigenvalue weighted by molar-refractivity contribution is 7.89. The van der Waals surface area contributed by atoms with Crippen LogP contribution in [0.1, 0.15) is 30.9 Å². The van der Waals surface area contributed by atoms with Gasteiger partial charge in [-0.3, -0.25) is 0 Å². The molecule has 2 rings (SSSR count). The highest BCUT2D eigenvalue weighted by Crippen LogP contribution is 2.25. The minimum atomic E-state index is -3.48. The monoisotopic (exact) mass is 312 g/mol. The van der Waals surface area contributed by atoms with Crippen molar-refractivity contribution < 1.29 is 13.2 Å². The molecule has 1 unspecified atom stereocenters. The molecule has 1 fully saturated rings. The normalized spacial score (nSPS) is 20.6. The lowest BCUT2D eigenvalue weighted by atomic mass is 10.1. The number of nitrogens with zero attached hydrogens (tertiary/aromatic N) is 1. The molecule has 1 aromatic carbocycles. The molecule has 6 heteroatoms. The molecule has 1 aliphatic rings. The van der Waals surface area contributed by atoms with Gasteiger partial charge in [0.2, 0.25) is 10.0 Å². The maximum Gasteiger partial charge on any atom is 0.243 e. The number of hydrogen-bond acceptors (Lipinski definition) is 4. The predicted octanol–water partition coefficient (Wildman–Crippen LogP) is 1.64. The molecule has 21 heavy (non-hydrogen) atoms. The average Bonchev–Trinajstić information content (AvgIpc) is 2.48. The standard InChI is InChI=1S/C15H24N2O3S/c1-3-20-14-7-5-9-17(11-14)21(18,19)15-8-4-6-13(10-16)12(15)2/h4,6,8,14H,3,5,7,9-11,16H2,1-2H3. The molecule has 0 bridgehead atoms. The first-order valence-electron chi connectivity index (χ1n) is 7.41. The van der Waals surface area contributed by atoms with Gasteiger partial charge in [0.25, 0.3) is 0 Å². The van der Waals surface area contributed by atoms with E-state index in [1.165, 1.54) is 0 Å². The molecular weight excluding hydrogens is 288 g/mol. The molecule has 0 aliphatic carbocycles. The van der Waals surface area contributed by atoms with E-state index in [1.807, 2.05) is 19.9 Å². The van der Waals surface area contributed by atoms with E-state index in [2.05, 4.69) is 0 Å². The molecule has 1 heterocycles. The Morgan fingerprint density at radius 3 is 2.86 bits per heavy atom. The van der Waals surface area contributed by atoms with E-state index in [-0.39, 0.29) is 6.10 Å². The predicted molar refractivity (Wildman–Crippen MR) is 82.5 cm³/mol. The van der Waals surface area contributed by atoms with Crippen molar-refractivity contribution in [1.82, 2.24) is 4.31 Å². The van der Waals surface area contributed by atoms with Crippen LogP contribution in [0.2, 0.25) is 0 Å². The van der Waals surface area contributed by atoms with Crippen LogP contribution in [0.4, 0.5) is 0 Å². The van der Waals surface area contributed by atoms with Gasteiger partial charge in [-0.1, -0.05) is 12.1 Å². The molecule has 1 aromatic rings. The Morgan fingerprint density at radius 2 is 2.19 bits per heavy atom. The van der Waals surface area contributed by atoms with Crippen molar-refractivity contribution in [2.45, 2.75) is 44.2 Å². The van der Waals surface area contributed by atoms with Gasteiger partial charge in [-0.2, -0.15) is 4.31 Å². The zero-order valence-corrected chi connectivity index (χ0v) is 13.5. The fraction of sp³-hybridized carbons (Fsp3) is 0.600. The van der Waals surface area contributed by atoms with Crippen molar-refractivity contribution in [2.75, 3.05) is 19.7 Å². The summed E-state index contributed by atoms with van der Waals surface area (Å²) in [6.07, 6.45) is 1.75. The summed E-state index contributed by atoms with van der Waals surface area (Å²) < 4.78 is 32.8. The molecular formula is C15H24N2O3S. The van der Waals surface area contributed by atoms with Gasteiger partial charge >= 0.3 is 0 Å². The zero-order valence-electron chi connectivity index (χ0n) is 12.7. The van der Waals surface area contributed by atoms with Crippen molar-refractivity contribution in [2.24, 2.45) is 5.73 Å². The lowest BCUT2D eigenvalue weighted by molar-refractivity contribution is 0.0265. The number of rotatable bonds is 5. The fourth-order valence-corrected chi connectivity index (χ4v) is 4.57. The molecule has 118 valence electrons. The average molecular weight is 312 g/mol. The molecule has 1 aliphatic heterocycles. The first kappa shape index (κ1) is 16.4. The second-order valence-corrected chi connectivity index (χ2v) is 7.23. The van der Waals surface area contributed by atoms with Gasteiger partial charge in [0.1, 0.15) is 0 Å². The molecule has 1 saturated heterocycles. The van der Waals surface area contributed by atoms with Gasteiger partial charge < -0.3 is 10.5 Å². The van der Waals surface area contributed by atoms with Crippen molar-refractivity contribution >= 4 is 10.0 Å². The topological polar surface area (TPSA) is 72.6 Å². The van der Waals surface area contributed by atoms with Gasteiger partial charge in [-0.05, 0) is 43.9 Å². The Hall–Kier alpha value is -0.950. The summed E-state index contributed by atoms with van der Waals surface area (Å²) in [6, 6.07) is 5.29. The Bertz CT molecular complexity index is 585. The second kappa shape index (κ2) is 6.87. The molecule has 0 spiro atoms. The number of sulfonamides is 1. The van der Waals surface area contributed by atoms with Gasteiger partial charge in [-0.25, -0.2) is 8.42 Å². The molecule has 0 saturated carbocycles. The van der Waals surface area contributed by atoms with E-state index in [0.29, 0.717) is 31.1 Å². The summed E-state index contributed by atoms with van der Waals surface area (Å²) in [5, 5.41) is 0. The van der Waals surface area contributed by atoms with Crippen LogP contribution in [0.15, 0.2) is 23.1 Å². The van der Waals surface area contributed by atoms with Crippen molar-refractivity contribution in [1.29, 1.82) is 0 Å². The van der Waals surface area contributed by atoms with Gasteiger partial charge in [0.15, 0.2) is 0 Å². The Kier molecular flexibility index (Phi) is 5.37. The van der Waals surface area contributed by atoms with Crippen molar-refractivity contribution in [3.63, 3.8) is 0 Å². The summed E-state index contributed by atoms with van der Waals surface area (Å²) in [6.45, 7) is 5.69. The Morgan fingerprint density at radius 1 is 1.43 bits per heavy atom. The summed E-state index contributed by atoms with van der Waals surface area (Å²) in [5.74, 6) is 0. The van der Waals surface area contributed by atoms with E-state index in [0.717, 1.165) is 24.0 Å². The van der Waals surface area contributed by atoms with E-state index >= 15 is 0 Å². The van der Waals surface area contributed by atoms with Crippen molar-refractivity contribution in [3.05, 3.63) is 29.3 Å². The van der Waals surface area contributed by atoms with Crippen LogP contribution in [0, 0.1) is 6.92 Å². The summed E-state index contributed by atoms with van der Waals surface area (Å²) in [4.78, 5) is 0.364. The van der Waals surface area contributed by atoms with E-state index in [1.54, 1.807) is 16.4 Å². The van der Waals surface area contributed by atoms with Gasteiger partial charge in [0.05, 0.1) is 11.0 Å². The first-order valence-corrected chi connectivity index (χ1v) is 8.85. The Labute approximate surface area is 127 Å². The molecule has 0 aromatic heterocycles.